The Labute approximate surface area is 116 Å². The molecule has 98 valence electrons. The van der Waals surface area contributed by atoms with E-state index in [2.05, 4.69) is 9.97 Å². The molecule has 1 heterocycles. The first-order valence-corrected chi connectivity index (χ1v) is 6.30. The lowest BCUT2D eigenvalue weighted by molar-refractivity contribution is 1.29. The first kappa shape index (κ1) is 12.2. The Morgan fingerprint density at radius 2 is 1.90 bits per heavy atom. The summed E-state index contributed by atoms with van der Waals surface area (Å²) in [5.41, 5.74) is 9.04. The summed E-state index contributed by atoms with van der Waals surface area (Å²) in [4.78, 5) is 7.69. The second-order valence-corrected chi connectivity index (χ2v) is 4.51. The zero-order chi connectivity index (χ0) is 13.9. The summed E-state index contributed by atoms with van der Waals surface area (Å²) in [5, 5.41) is 7.44. The van der Waals surface area contributed by atoms with Gasteiger partial charge in [0.25, 0.3) is 0 Å². The molecular formula is C16H14N4. The molecule has 2 aromatic carbocycles. The minimum atomic E-state index is 0.0582. The van der Waals surface area contributed by atoms with Crippen LogP contribution in [0.3, 0.4) is 0 Å². The van der Waals surface area contributed by atoms with Gasteiger partial charge in [0.05, 0.1) is 11.0 Å². The van der Waals surface area contributed by atoms with Crippen molar-refractivity contribution in [2.24, 2.45) is 5.73 Å². The van der Waals surface area contributed by atoms with Crippen molar-refractivity contribution >= 4 is 29.0 Å². The second-order valence-electron chi connectivity index (χ2n) is 4.51. The van der Waals surface area contributed by atoms with Crippen LogP contribution in [-0.2, 0) is 0 Å². The third kappa shape index (κ3) is 2.44. The number of rotatable bonds is 3. The van der Waals surface area contributed by atoms with E-state index in [1.165, 1.54) is 0 Å². The first-order valence-electron chi connectivity index (χ1n) is 6.30. The molecule has 1 aromatic heterocycles. The van der Waals surface area contributed by atoms with Crippen molar-refractivity contribution in [2.75, 3.05) is 0 Å². The van der Waals surface area contributed by atoms with Crippen molar-refractivity contribution in [3.05, 3.63) is 65.5 Å². The highest BCUT2D eigenvalue weighted by Crippen LogP contribution is 2.15. The number of nitrogen functional groups attached to an aromatic ring is 1. The fourth-order valence-corrected chi connectivity index (χ4v) is 2.02. The van der Waals surface area contributed by atoms with Crippen molar-refractivity contribution in [1.29, 1.82) is 5.41 Å². The highest BCUT2D eigenvalue weighted by Gasteiger charge is 2.03. The van der Waals surface area contributed by atoms with E-state index < -0.39 is 0 Å². The molecule has 20 heavy (non-hydrogen) atoms. The van der Waals surface area contributed by atoms with Crippen molar-refractivity contribution in [1.82, 2.24) is 9.97 Å². The maximum Gasteiger partial charge on any atom is 0.131 e. The van der Waals surface area contributed by atoms with Crippen molar-refractivity contribution < 1.29 is 0 Å². The van der Waals surface area contributed by atoms with Crippen molar-refractivity contribution in [3.8, 4) is 0 Å². The normalized spacial score (nSPS) is 11.2. The number of H-pyrrole nitrogens is 1. The molecule has 0 unspecified atom stereocenters. The zero-order valence-electron chi connectivity index (χ0n) is 10.8. The van der Waals surface area contributed by atoms with E-state index in [9.17, 15) is 0 Å². The Morgan fingerprint density at radius 3 is 2.65 bits per heavy atom. The molecule has 0 saturated carbocycles. The Balaban J connectivity index is 1.93. The lowest BCUT2D eigenvalue weighted by Gasteiger charge is -1.96. The molecule has 3 rings (SSSR count). The Kier molecular flexibility index (Phi) is 3.05. The largest absolute Gasteiger partial charge is 0.384 e. The van der Waals surface area contributed by atoms with Crippen LogP contribution >= 0.6 is 0 Å². The number of nitrogens with zero attached hydrogens (tertiary/aromatic N) is 1. The van der Waals surface area contributed by atoms with Gasteiger partial charge in [-0.15, -0.1) is 0 Å². The van der Waals surface area contributed by atoms with Gasteiger partial charge in [0.1, 0.15) is 11.7 Å². The van der Waals surface area contributed by atoms with Gasteiger partial charge in [-0.2, -0.15) is 0 Å². The van der Waals surface area contributed by atoms with Gasteiger partial charge in [-0.05, 0) is 29.8 Å². The van der Waals surface area contributed by atoms with Gasteiger partial charge >= 0.3 is 0 Å². The fourth-order valence-electron chi connectivity index (χ4n) is 2.02. The molecule has 0 aliphatic heterocycles. The average molecular weight is 262 g/mol. The number of imidazole rings is 1. The van der Waals surface area contributed by atoms with Crippen LogP contribution in [0.2, 0.25) is 0 Å². The number of fused-ring (bicyclic) bond motifs is 1. The second kappa shape index (κ2) is 5.01. The van der Waals surface area contributed by atoms with Crippen molar-refractivity contribution in [3.63, 3.8) is 0 Å². The molecule has 0 bridgehead atoms. The molecule has 0 aliphatic carbocycles. The van der Waals surface area contributed by atoms with Crippen LogP contribution in [0.5, 0.6) is 0 Å². The minimum Gasteiger partial charge on any atom is -0.384 e. The number of benzene rings is 2. The van der Waals surface area contributed by atoms with Crippen LogP contribution in [0.4, 0.5) is 0 Å². The van der Waals surface area contributed by atoms with Gasteiger partial charge in [0.2, 0.25) is 0 Å². The summed E-state index contributed by atoms with van der Waals surface area (Å²) in [6, 6.07) is 15.6. The van der Waals surface area contributed by atoms with Gasteiger partial charge in [0, 0.05) is 5.56 Å². The predicted molar refractivity (Wildman–Crippen MR) is 82.5 cm³/mol. The SMILES string of the molecule is N=C(N)c1ccc2nc(/C=C/c3ccccc3)[nH]c2c1. The molecule has 0 saturated heterocycles. The van der Waals surface area contributed by atoms with Gasteiger partial charge in [-0.25, -0.2) is 4.98 Å². The van der Waals surface area contributed by atoms with Crippen LogP contribution < -0.4 is 5.73 Å². The Bertz CT molecular complexity index is 785. The molecule has 0 amide bonds. The third-order valence-corrected chi connectivity index (χ3v) is 3.04. The Morgan fingerprint density at radius 1 is 1.10 bits per heavy atom. The molecule has 0 spiro atoms. The summed E-state index contributed by atoms with van der Waals surface area (Å²) in [7, 11) is 0. The summed E-state index contributed by atoms with van der Waals surface area (Å²) in [5.74, 6) is 0.840. The van der Waals surface area contributed by atoms with E-state index in [0.29, 0.717) is 5.56 Å². The number of amidine groups is 1. The molecule has 4 N–H and O–H groups in total. The fraction of sp³-hybridized carbons (Fsp3) is 0. The van der Waals surface area contributed by atoms with E-state index >= 15 is 0 Å². The van der Waals surface area contributed by atoms with E-state index in [0.717, 1.165) is 22.4 Å². The average Bonchev–Trinajstić information content (AvgIpc) is 2.88. The van der Waals surface area contributed by atoms with Crippen LogP contribution in [-0.4, -0.2) is 15.8 Å². The number of nitrogens with two attached hydrogens (primary N) is 1. The quantitative estimate of drug-likeness (QED) is 0.501. The van der Waals surface area contributed by atoms with Gasteiger partial charge < -0.3 is 10.7 Å². The number of hydrogen-bond acceptors (Lipinski definition) is 2. The Hall–Kier alpha value is -2.88. The molecule has 0 radical (unpaired) electrons. The number of aromatic amines is 1. The highest BCUT2D eigenvalue weighted by atomic mass is 14.9. The van der Waals surface area contributed by atoms with E-state index in [-0.39, 0.29) is 5.84 Å². The topological polar surface area (TPSA) is 78.6 Å². The molecular weight excluding hydrogens is 248 g/mol. The summed E-state index contributed by atoms with van der Waals surface area (Å²) < 4.78 is 0. The molecule has 0 aliphatic rings. The number of hydrogen-bond donors (Lipinski definition) is 3. The van der Waals surface area contributed by atoms with Crippen LogP contribution in [0.1, 0.15) is 17.0 Å². The molecule has 3 aromatic rings. The third-order valence-electron chi connectivity index (χ3n) is 3.04. The lowest BCUT2D eigenvalue weighted by atomic mass is 10.2. The van der Waals surface area contributed by atoms with Crippen molar-refractivity contribution in [2.45, 2.75) is 0 Å². The predicted octanol–water partition coefficient (Wildman–Crippen LogP) is 3.02. The maximum atomic E-state index is 7.44. The smallest absolute Gasteiger partial charge is 0.131 e. The molecule has 0 fully saturated rings. The van der Waals surface area contributed by atoms with Gasteiger partial charge in [-0.3, -0.25) is 5.41 Å². The van der Waals surface area contributed by atoms with E-state index in [4.69, 9.17) is 11.1 Å². The number of nitrogens with one attached hydrogen (secondary N) is 2. The summed E-state index contributed by atoms with van der Waals surface area (Å²) >= 11 is 0. The lowest BCUT2D eigenvalue weighted by Crippen LogP contribution is -2.10. The molecule has 4 nitrogen and oxygen atoms in total. The van der Waals surface area contributed by atoms with E-state index in [1.54, 1.807) is 6.07 Å². The monoisotopic (exact) mass is 262 g/mol. The standard InChI is InChI=1S/C16H14N4/c17-16(18)12-7-8-13-14(10-12)20-15(19-13)9-6-11-4-2-1-3-5-11/h1-10H,(H3,17,18)(H,19,20)/b9-6+. The summed E-state index contributed by atoms with van der Waals surface area (Å²) in [6.45, 7) is 0. The van der Waals surface area contributed by atoms with Gasteiger partial charge in [0.15, 0.2) is 0 Å². The maximum absolute atomic E-state index is 7.44. The molecule has 0 atom stereocenters. The number of aromatic nitrogens is 2. The van der Waals surface area contributed by atoms with E-state index in [1.807, 2.05) is 54.6 Å². The van der Waals surface area contributed by atoms with Gasteiger partial charge in [-0.1, -0.05) is 36.4 Å². The van der Waals surface area contributed by atoms with Crippen LogP contribution in [0, 0.1) is 5.41 Å². The van der Waals surface area contributed by atoms with Crippen LogP contribution in [0.15, 0.2) is 48.5 Å². The zero-order valence-corrected chi connectivity index (χ0v) is 10.8. The highest BCUT2D eigenvalue weighted by molar-refractivity contribution is 5.98. The first-order chi connectivity index (χ1) is 9.72. The molecule has 4 heteroatoms. The minimum absolute atomic E-state index is 0.0582. The van der Waals surface area contributed by atoms with Crippen LogP contribution in [0.25, 0.3) is 23.2 Å². The summed E-state index contributed by atoms with van der Waals surface area (Å²) in [6.07, 6.45) is 3.94.